The van der Waals surface area contributed by atoms with Gasteiger partial charge in [-0.3, -0.25) is 4.68 Å². The van der Waals surface area contributed by atoms with Crippen LogP contribution in [-0.2, 0) is 6.42 Å². The van der Waals surface area contributed by atoms with Crippen LogP contribution in [0.2, 0.25) is 0 Å². The van der Waals surface area contributed by atoms with Crippen LogP contribution in [0.1, 0.15) is 56.7 Å². The van der Waals surface area contributed by atoms with Crippen molar-refractivity contribution in [2.24, 2.45) is 5.92 Å². The van der Waals surface area contributed by atoms with E-state index in [0.29, 0.717) is 12.0 Å². The van der Waals surface area contributed by atoms with Gasteiger partial charge < -0.3 is 5.11 Å². The van der Waals surface area contributed by atoms with Crippen LogP contribution in [0.5, 0.6) is 0 Å². The van der Waals surface area contributed by atoms with Gasteiger partial charge >= 0.3 is 0 Å². The zero-order chi connectivity index (χ0) is 11.7. The summed E-state index contributed by atoms with van der Waals surface area (Å²) in [6, 6.07) is 2.70. The second kappa shape index (κ2) is 4.81. The standard InChI is InChI=1S/C14H22N2O/c17-14(11-4-3-5-11)10-12-8-9-16(15-12)13-6-1-2-7-13/h8-9,11,13-14,17H,1-7,10H2. The summed E-state index contributed by atoms with van der Waals surface area (Å²) >= 11 is 0. The molecule has 94 valence electrons. The van der Waals surface area contributed by atoms with Crippen molar-refractivity contribution in [2.75, 3.05) is 0 Å². The third-order valence-electron chi connectivity index (χ3n) is 4.47. The molecule has 2 saturated carbocycles. The molecule has 1 aromatic rings. The van der Waals surface area contributed by atoms with Crippen molar-refractivity contribution >= 4 is 0 Å². The average molecular weight is 234 g/mol. The highest BCUT2D eigenvalue weighted by atomic mass is 16.3. The molecule has 0 bridgehead atoms. The predicted octanol–water partition coefficient (Wildman–Crippen LogP) is 2.70. The van der Waals surface area contributed by atoms with Crippen molar-refractivity contribution in [1.82, 2.24) is 9.78 Å². The molecule has 0 amide bonds. The van der Waals surface area contributed by atoms with Gasteiger partial charge in [-0.25, -0.2) is 0 Å². The van der Waals surface area contributed by atoms with E-state index in [0.717, 1.165) is 12.1 Å². The molecule has 1 aromatic heterocycles. The quantitative estimate of drug-likeness (QED) is 0.869. The Hall–Kier alpha value is -0.830. The lowest BCUT2D eigenvalue weighted by atomic mass is 9.80. The van der Waals surface area contributed by atoms with Gasteiger partial charge in [0.15, 0.2) is 0 Å². The number of aromatic nitrogens is 2. The number of hydrogen-bond acceptors (Lipinski definition) is 2. The van der Waals surface area contributed by atoms with Crippen LogP contribution in [0.3, 0.4) is 0 Å². The first-order valence-electron chi connectivity index (χ1n) is 7.05. The van der Waals surface area contributed by atoms with E-state index in [9.17, 15) is 5.11 Å². The topological polar surface area (TPSA) is 38.0 Å². The molecule has 1 N–H and O–H groups in total. The van der Waals surface area contributed by atoms with Crippen LogP contribution in [0.4, 0.5) is 0 Å². The monoisotopic (exact) mass is 234 g/mol. The first kappa shape index (κ1) is 11.3. The number of nitrogens with zero attached hydrogens (tertiary/aromatic N) is 2. The van der Waals surface area contributed by atoms with Crippen molar-refractivity contribution in [3.05, 3.63) is 18.0 Å². The molecule has 17 heavy (non-hydrogen) atoms. The molecule has 2 fully saturated rings. The molecule has 0 radical (unpaired) electrons. The molecule has 3 rings (SSSR count). The Morgan fingerprint density at radius 3 is 2.65 bits per heavy atom. The summed E-state index contributed by atoms with van der Waals surface area (Å²) in [7, 11) is 0. The first-order valence-corrected chi connectivity index (χ1v) is 7.05. The molecule has 1 atom stereocenters. The van der Waals surface area contributed by atoms with Crippen LogP contribution in [0.15, 0.2) is 12.3 Å². The number of aliphatic hydroxyl groups excluding tert-OH is 1. The zero-order valence-corrected chi connectivity index (χ0v) is 10.4. The molecular formula is C14H22N2O. The molecule has 0 spiro atoms. The lowest BCUT2D eigenvalue weighted by molar-refractivity contribution is 0.0621. The largest absolute Gasteiger partial charge is 0.392 e. The fraction of sp³-hybridized carbons (Fsp3) is 0.786. The third-order valence-corrected chi connectivity index (χ3v) is 4.47. The summed E-state index contributed by atoms with van der Waals surface area (Å²) in [5, 5.41) is 14.7. The van der Waals surface area contributed by atoms with Crippen LogP contribution < -0.4 is 0 Å². The highest BCUT2D eigenvalue weighted by molar-refractivity contribution is 5.03. The highest BCUT2D eigenvalue weighted by Gasteiger charge is 2.26. The normalized spacial score (nSPS) is 23.8. The Bertz CT molecular complexity index is 364. The first-order chi connectivity index (χ1) is 8.33. The fourth-order valence-electron chi connectivity index (χ4n) is 3.06. The number of hydrogen-bond donors (Lipinski definition) is 1. The van der Waals surface area contributed by atoms with E-state index in [1.807, 2.05) is 0 Å². The van der Waals surface area contributed by atoms with Crippen molar-refractivity contribution in [2.45, 2.75) is 63.5 Å². The third kappa shape index (κ3) is 2.39. The lowest BCUT2D eigenvalue weighted by Gasteiger charge is -2.29. The highest BCUT2D eigenvalue weighted by Crippen LogP contribution is 2.31. The Balaban J connectivity index is 1.59. The zero-order valence-electron chi connectivity index (χ0n) is 10.4. The van der Waals surface area contributed by atoms with E-state index in [4.69, 9.17) is 0 Å². The minimum atomic E-state index is -0.171. The maximum atomic E-state index is 10.0. The molecule has 1 unspecified atom stereocenters. The van der Waals surface area contributed by atoms with Gasteiger partial charge in [-0.2, -0.15) is 5.10 Å². The Morgan fingerprint density at radius 2 is 2.00 bits per heavy atom. The predicted molar refractivity (Wildman–Crippen MR) is 66.8 cm³/mol. The minimum absolute atomic E-state index is 0.171. The van der Waals surface area contributed by atoms with Crippen molar-refractivity contribution < 1.29 is 5.11 Å². The van der Waals surface area contributed by atoms with Crippen LogP contribution in [0, 0.1) is 5.92 Å². The Labute approximate surface area is 103 Å². The van der Waals surface area contributed by atoms with Gasteiger partial charge in [0.2, 0.25) is 0 Å². The minimum Gasteiger partial charge on any atom is -0.392 e. The molecule has 3 heteroatoms. The van der Waals surface area contributed by atoms with Gasteiger partial charge in [-0.05, 0) is 37.7 Å². The van der Waals surface area contributed by atoms with Gasteiger partial charge in [-0.15, -0.1) is 0 Å². The number of rotatable bonds is 4. The molecule has 0 aliphatic heterocycles. The second-order valence-corrected chi connectivity index (χ2v) is 5.69. The van der Waals surface area contributed by atoms with Gasteiger partial charge in [0, 0.05) is 12.6 Å². The van der Waals surface area contributed by atoms with E-state index in [2.05, 4.69) is 22.0 Å². The van der Waals surface area contributed by atoms with E-state index < -0.39 is 0 Å². The van der Waals surface area contributed by atoms with Crippen molar-refractivity contribution in [3.8, 4) is 0 Å². The van der Waals surface area contributed by atoms with E-state index in [1.165, 1.54) is 44.9 Å². The molecule has 0 aromatic carbocycles. The molecule has 3 nitrogen and oxygen atoms in total. The van der Waals surface area contributed by atoms with Crippen molar-refractivity contribution in [1.29, 1.82) is 0 Å². The molecule has 2 aliphatic carbocycles. The summed E-state index contributed by atoms with van der Waals surface area (Å²) in [6.45, 7) is 0. The van der Waals surface area contributed by atoms with E-state index in [1.54, 1.807) is 0 Å². The molecular weight excluding hydrogens is 212 g/mol. The molecule has 0 saturated heterocycles. The summed E-state index contributed by atoms with van der Waals surface area (Å²) in [5.74, 6) is 0.534. The SMILES string of the molecule is OC(Cc1ccn(C2CCCC2)n1)C1CCC1. The molecule has 2 aliphatic rings. The summed E-state index contributed by atoms with van der Waals surface area (Å²) < 4.78 is 2.12. The van der Waals surface area contributed by atoms with Crippen LogP contribution >= 0.6 is 0 Å². The van der Waals surface area contributed by atoms with Gasteiger partial charge in [0.05, 0.1) is 17.8 Å². The van der Waals surface area contributed by atoms with Crippen LogP contribution in [0.25, 0.3) is 0 Å². The second-order valence-electron chi connectivity index (χ2n) is 5.69. The molecule has 1 heterocycles. The maximum Gasteiger partial charge on any atom is 0.0650 e. The fourth-order valence-corrected chi connectivity index (χ4v) is 3.06. The summed E-state index contributed by atoms with van der Waals surface area (Å²) in [5.41, 5.74) is 1.07. The van der Waals surface area contributed by atoms with Gasteiger partial charge in [0.25, 0.3) is 0 Å². The Kier molecular flexibility index (Phi) is 3.19. The summed E-state index contributed by atoms with van der Waals surface area (Å²) in [6.07, 6.45) is 11.6. The smallest absolute Gasteiger partial charge is 0.0650 e. The van der Waals surface area contributed by atoms with Gasteiger partial charge in [0.1, 0.15) is 0 Å². The van der Waals surface area contributed by atoms with E-state index in [-0.39, 0.29) is 6.10 Å². The number of aliphatic hydroxyl groups is 1. The van der Waals surface area contributed by atoms with E-state index >= 15 is 0 Å². The summed E-state index contributed by atoms with van der Waals surface area (Å²) in [4.78, 5) is 0. The Morgan fingerprint density at radius 1 is 1.24 bits per heavy atom. The lowest BCUT2D eigenvalue weighted by Crippen LogP contribution is -2.28. The van der Waals surface area contributed by atoms with Crippen molar-refractivity contribution in [3.63, 3.8) is 0 Å². The maximum absolute atomic E-state index is 10.0. The van der Waals surface area contributed by atoms with Gasteiger partial charge in [-0.1, -0.05) is 19.3 Å². The average Bonchev–Trinajstić information content (AvgIpc) is 2.82. The van der Waals surface area contributed by atoms with Crippen LogP contribution in [-0.4, -0.2) is 21.0 Å².